The van der Waals surface area contributed by atoms with E-state index in [1.807, 2.05) is 42.6 Å². The quantitative estimate of drug-likeness (QED) is 0.903. The van der Waals surface area contributed by atoms with Crippen LogP contribution >= 0.6 is 22.9 Å². The van der Waals surface area contributed by atoms with Gasteiger partial charge in [0, 0.05) is 10.9 Å². The van der Waals surface area contributed by atoms with Crippen molar-refractivity contribution >= 4 is 22.9 Å². The third kappa shape index (κ3) is 3.73. The average Bonchev–Trinajstić information content (AvgIpc) is 2.80. The lowest BCUT2D eigenvalue weighted by molar-refractivity contribution is 0.310. The molecule has 1 aromatic carbocycles. The van der Waals surface area contributed by atoms with Gasteiger partial charge in [-0.2, -0.15) is 0 Å². The maximum Gasteiger partial charge on any atom is 0.138 e. The number of hydrogen-bond donors (Lipinski definition) is 1. The lowest BCUT2D eigenvalue weighted by Gasteiger charge is -2.10. The Labute approximate surface area is 116 Å². The van der Waals surface area contributed by atoms with Crippen LogP contribution in [-0.4, -0.2) is 6.04 Å². The van der Waals surface area contributed by atoms with Gasteiger partial charge in [-0.05, 0) is 42.5 Å². The highest BCUT2D eigenvalue weighted by Gasteiger charge is 2.05. The molecule has 0 radical (unpaired) electrons. The van der Waals surface area contributed by atoms with Gasteiger partial charge in [-0.3, -0.25) is 0 Å². The van der Waals surface area contributed by atoms with Crippen LogP contribution in [-0.2, 0) is 13.0 Å². The molecule has 1 heterocycles. The smallest absolute Gasteiger partial charge is 0.138 e. The van der Waals surface area contributed by atoms with E-state index in [1.165, 1.54) is 4.88 Å². The zero-order valence-corrected chi connectivity index (χ0v) is 11.8. The number of rotatable bonds is 5. The molecule has 0 aliphatic rings. The first-order valence-electron chi connectivity index (χ1n) is 5.84. The van der Waals surface area contributed by atoms with Gasteiger partial charge in [0.1, 0.15) is 12.4 Å². The predicted molar refractivity (Wildman–Crippen MR) is 77.5 cm³/mol. The van der Waals surface area contributed by atoms with Crippen LogP contribution in [0.25, 0.3) is 0 Å². The summed E-state index contributed by atoms with van der Waals surface area (Å²) >= 11 is 7.87. The van der Waals surface area contributed by atoms with Gasteiger partial charge in [0.15, 0.2) is 0 Å². The summed E-state index contributed by atoms with van der Waals surface area (Å²) < 4.78 is 5.69. The van der Waals surface area contributed by atoms with E-state index < -0.39 is 0 Å². The Bertz CT molecular complexity index is 497. The molecule has 96 valence electrons. The van der Waals surface area contributed by atoms with Crippen molar-refractivity contribution in [3.8, 4) is 5.75 Å². The van der Waals surface area contributed by atoms with Gasteiger partial charge in [-0.1, -0.05) is 23.7 Å². The first kappa shape index (κ1) is 13.4. The monoisotopic (exact) mass is 281 g/mol. The van der Waals surface area contributed by atoms with E-state index in [-0.39, 0.29) is 6.04 Å². The van der Waals surface area contributed by atoms with Gasteiger partial charge < -0.3 is 10.5 Å². The molecule has 2 aromatic rings. The largest absolute Gasteiger partial charge is 0.487 e. The lowest BCUT2D eigenvalue weighted by atomic mass is 10.1. The second kappa shape index (κ2) is 6.23. The molecule has 0 saturated carbocycles. The topological polar surface area (TPSA) is 35.2 Å². The molecule has 0 saturated heterocycles. The summed E-state index contributed by atoms with van der Waals surface area (Å²) in [6.07, 6.45) is 0.824. The van der Waals surface area contributed by atoms with Crippen LogP contribution in [0.2, 0.25) is 5.02 Å². The number of halogens is 1. The molecule has 2 N–H and O–H groups in total. The van der Waals surface area contributed by atoms with Crippen LogP contribution in [0, 0.1) is 0 Å². The Morgan fingerprint density at radius 1 is 1.39 bits per heavy atom. The van der Waals surface area contributed by atoms with Crippen LogP contribution in [0.15, 0.2) is 35.7 Å². The van der Waals surface area contributed by atoms with Gasteiger partial charge in [0.05, 0.1) is 5.02 Å². The summed E-state index contributed by atoms with van der Waals surface area (Å²) in [5.41, 5.74) is 6.90. The molecule has 0 spiro atoms. The fourth-order valence-corrected chi connectivity index (χ4v) is 2.58. The summed E-state index contributed by atoms with van der Waals surface area (Å²) in [6, 6.07) is 10.0. The lowest BCUT2D eigenvalue weighted by Crippen LogP contribution is -2.17. The number of hydrogen-bond acceptors (Lipinski definition) is 3. The van der Waals surface area contributed by atoms with Crippen molar-refractivity contribution in [2.45, 2.75) is 26.0 Å². The predicted octanol–water partition coefficient (Wildman–Crippen LogP) is 3.87. The number of thiophene rings is 1. The Hall–Kier alpha value is -1.03. The molecule has 2 nitrogen and oxygen atoms in total. The first-order chi connectivity index (χ1) is 8.65. The van der Waals surface area contributed by atoms with E-state index in [4.69, 9.17) is 22.1 Å². The Balaban J connectivity index is 2.01. The minimum atomic E-state index is 0.138. The molecule has 18 heavy (non-hydrogen) atoms. The highest BCUT2D eigenvalue weighted by molar-refractivity contribution is 7.09. The highest BCUT2D eigenvalue weighted by Crippen LogP contribution is 2.27. The Morgan fingerprint density at radius 2 is 2.22 bits per heavy atom. The summed E-state index contributed by atoms with van der Waals surface area (Å²) in [6.45, 7) is 2.54. The molecular weight excluding hydrogens is 266 g/mol. The van der Waals surface area contributed by atoms with Crippen molar-refractivity contribution in [3.05, 3.63) is 51.2 Å². The summed E-state index contributed by atoms with van der Waals surface area (Å²) in [5, 5.41) is 2.68. The highest BCUT2D eigenvalue weighted by atomic mass is 35.5. The molecule has 1 atom stereocenters. The van der Waals surface area contributed by atoms with E-state index in [0.717, 1.165) is 17.7 Å². The maximum atomic E-state index is 6.19. The Morgan fingerprint density at radius 3 is 2.83 bits per heavy atom. The molecule has 2 rings (SSSR count). The molecule has 4 heteroatoms. The molecule has 0 bridgehead atoms. The first-order valence-corrected chi connectivity index (χ1v) is 7.10. The van der Waals surface area contributed by atoms with Crippen LogP contribution < -0.4 is 10.5 Å². The zero-order chi connectivity index (χ0) is 13.0. The van der Waals surface area contributed by atoms with Crippen molar-refractivity contribution in [1.82, 2.24) is 0 Å². The van der Waals surface area contributed by atoms with Crippen LogP contribution in [0.4, 0.5) is 0 Å². The minimum absolute atomic E-state index is 0.138. The van der Waals surface area contributed by atoms with Crippen LogP contribution in [0.5, 0.6) is 5.75 Å². The molecule has 1 unspecified atom stereocenters. The van der Waals surface area contributed by atoms with Crippen molar-refractivity contribution in [1.29, 1.82) is 0 Å². The molecular formula is C14H16ClNOS. The van der Waals surface area contributed by atoms with Gasteiger partial charge in [0.25, 0.3) is 0 Å². The van der Waals surface area contributed by atoms with Gasteiger partial charge >= 0.3 is 0 Å². The summed E-state index contributed by atoms with van der Waals surface area (Å²) in [4.78, 5) is 1.19. The van der Waals surface area contributed by atoms with E-state index in [9.17, 15) is 0 Å². The van der Waals surface area contributed by atoms with Gasteiger partial charge in [-0.25, -0.2) is 0 Å². The third-order valence-electron chi connectivity index (χ3n) is 2.50. The average molecular weight is 282 g/mol. The van der Waals surface area contributed by atoms with E-state index in [2.05, 4.69) is 0 Å². The second-order valence-electron chi connectivity index (χ2n) is 4.31. The molecule has 1 aromatic heterocycles. The summed E-state index contributed by atoms with van der Waals surface area (Å²) in [5.74, 6) is 0.721. The molecule has 0 amide bonds. The van der Waals surface area contributed by atoms with Crippen LogP contribution in [0.1, 0.15) is 17.4 Å². The van der Waals surface area contributed by atoms with Crippen LogP contribution in [0.3, 0.4) is 0 Å². The maximum absolute atomic E-state index is 6.19. The zero-order valence-electron chi connectivity index (χ0n) is 10.2. The second-order valence-corrected chi connectivity index (χ2v) is 5.75. The molecule has 0 fully saturated rings. The number of ether oxygens (including phenoxy) is 1. The van der Waals surface area contributed by atoms with Crippen molar-refractivity contribution in [2.24, 2.45) is 5.73 Å². The minimum Gasteiger partial charge on any atom is -0.487 e. The van der Waals surface area contributed by atoms with Crippen molar-refractivity contribution in [3.63, 3.8) is 0 Å². The SMILES string of the molecule is CC(N)Cc1ccc(OCc2cccs2)c(Cl)c1. The van der Waals surface area contributed by atoms with Gasteiger partial charge in [-0.15, -0.1) is 11.3 Å². The Kier molecular flexibility index (Phi) is 4.64. The van der Waals surface area contributed by atoms with E-state index in [1.54, 1.807) is 11.3 Å². The third-order valence-corrected chi connectivity index (χ3v) is 3.65. The van der Waals surface area contributed by atoms with E-state index in [0.29, 0.717) is 11.6 Å². The fraction of sp³-hybridized carbons (Fsp3) is 0.286. The fourth-order valence-electron chi connectivity index (χ4n) is 1.70. The van der Waals surface area contributed by atoms with Crippen molar-refractivity contribution < 1.29 is 4.74 Å². The van der Waals surface area contributed by atoms with Gasteiger partial charge in [0.2, 0.25) is 0 Å². The number of nitrogens with two attached hydrogens (primary N) is 1. The summed E-state index contributed by atoms with van der Waals surface area (Å²) in [7, 11) is 0. The standard InChI is InChI=1S/C14H16ClNOS/c1-10(16)7-11-4-5-14(13(15)8-11)17-9-12-3-2-6-18-12/h2-6,8,10H,7,9,16H2,1H3. The normalized spacial score (nSPS) is 12.4. The van der Waals surface area contributed by atoms with Crippen molar-refractivity contribution in [2.75, 3.05) is 0 Å². The van der Waals surface area contributed by atoms with E-state index >= 15 is 0 Å². The molecule has 0 aliphatic heterocycles. The number of benzene rings is 1. The molecule has 0 aliphatic carbocycles.